The van der Waals surface area contributed by atoms with Crippen molar-refractivity contribution in [3.63, 3.8) is 0 Å². The third kappa shape index (κ3) is 4.51. The van der Waals surface area contributed by atoms with Crippen molar-refractivity contribution in [3.8, 4) is 11.5 Å². The van der Waals surface area contributed by atoms with E-state index in [4.69, 9.17) is 9.47 Å². The summed E-state index contributed by atoms with van der Waals surface area (Å²) in [6.07, 6.45) is 1.13. The minimum absolute atomic E-state index is 0.0401. The minimum atomic E-state index is -0.664. The Kier molecular flexibility index (Phi) is 5.90. The van der Waals surface area contributed by atoms with Gasteiger partial charge in [-0.2, -0.15) is 0 Å². The van der Waals surface area contributed by atoms with Crippen molar-refractivity contribution in [1.29, 1.82) is 0 Å². The molecule has 2 saturated heterocycles. The molecule has 0 aromatic heterocycles. The first kappa shape index (κ1) is 21.3. The molecule has 2 fully saturated rings. The Morgan fingerprint density at radius 2 is 1.58 bits per heavy atom. The third-order valence-electron chi connectivity index (χ3n) is 6.40. The lowest BCUT2D eigenvalue weighted by atomic mass is 10.1. The molecule has 3 heterocycles. The molecule has 0 aliphatic carbocycles. The molecule has 0 saturated carbocycles. The molecule has 8 heteroatoms. The van der Waals surface area contributed by atoms with Gasteiger partial charge in [-0.3, -0.25) is 14.4 Å². The molecule has 5 rings (SSSR count). The average molecular weight is 450 g/mol. The summed E-state index contributed by atoms with van der Waals surface area (Å²) in [5.41, 5.74) is 1.80. The van der Waals surface area contributed by atoms with Gasteiger partial charge in [-0.05, 0) is 36.2 Å². The summed E-state index contributed by atoms with van der Waals surface area (Å²) in [7, 11) is 0. The molecule has 2 aromatic rings. The highest BCUT2D eigenvalue weighted by molar-refractivity contribution is 5.95. The number of fused-ring (bicyclic) bond motifs is 1. The van der Waals surface area contributed by atoms with E-state index < -0.39 is 6.10 Å². The number of amides is 3. The van der Waals surface area contributed by atoms with E-state index in [1.807, 2.05) is 42.5 Å². The number of hydrogen-bond acceptors (Lipinski definition) is 5. The second kappa shape index (κ2) is 9.13. The topological polar surface area (TPSA) is 79.4 Å². The molecule has 0 radical (unpaired) electrons. The number of rotatable bonds is 4. The van der Waals surface area contributed by atoms with Crippen LogP contribution in [0.4, 0.5) is 5.69 Å². The van der Waals surface area contributed by atoms with E-state index in [1.54, 1.807) is 20.8 Å². The van der Waals surface area contributed by atoms with Gasteiger partial charge in [0.15, 0.2) is 11.5 Å². The van der Waals surface area contributed by atoms with Crippen molar-refractivity contribution in [3.05, 3.63) is 54.1 Å². The van der Waals surface area contributed by atoms with Gasteiger partial charge < -0.3 is 24.2 Å². The van der Waals surface area contributed by atoms with Crippen LogP contribution >= 0.6 is 0 Å². The fraction of sp³-hybridized carbons (Fsp3) is 0.400. The van der Waals surface area contributed by atoms with E-state index >= 15 is 0 Å². The number of carbonyl (C=O) groups is 3. The largest absolute Gasteiger partial charge is 0.485 e. The number of para-hydroxylation sites is 2. The van der Waals surface area contributed by atoms with Gasteiger partial charge in [0, 0.05) is 44.8 Å². The molecule has 3 aliphatic heterocycles. The predicted molar refractivity (Wildman–Crippen MR) is 121 cm³/mol. The first-order valence-electron chi connectivity index (χ1n) is 11.4. The summed E-state index contributed by atoms with van der Waals surface area (Å²) >= 11 is 0. The van der Waals surface area contributed by atoms with Crippen LogP contribution in [0.25, 0.3) is 0 Å². The Hall–Kier alpha value is -3.55. The molecule has 3 aliphatic rings. The van der Waals surface area contributed by atoms with E-state index in [2.05, 4.69) is 0 Å². The molecule has 0 N–H and O–H groups in total. The Morgan fingerprint density at radius 3 is 2.27 bits per heavy atom. The number of nitrogens with zero attached hydrogens (tertiary/aromatic N) is 3. The van der Waals surface area contributed by atoms with Gasteiger partial charge in [-0.15, -0.1) is 0 Å². The first-order chi connectivity index (χ1) is 16.1. The molecule has 3 amide bonds. The van der Waals surface area contributed by atoms with Gasteiger partial charge in [0.05, 0.1) is 6.42 Å². The van der Waals surface area contributed by atoms with Gasteiger partial charge in [-0.1, -0.05) is 24.3 Å². The summed E-state index contributed by atoms with van der Waals surface area (Å²) in [4.78, 5) is 42.9. The van der Waals surface area contributed by atoms with Crippen molar-refractivity contribution in [2.75, 3.05) is 44.2 Å². The van der Waals surface area contributed by atoms with Crippen LogP contribution in [-0.2, 0) is 20.8 Å². The Balaban J connectivity index is 1.12. The lowest BCUT2D eigenvalue weighted by Crippen LogP contribution is -2.55. The molecular formula is C25H27N3O5. The summed E-state index contributed by atoms with van der Waals surface area (Å²) in [5, 5.41) is 0. The van der Waals surface area contributed by atoms with Gasteiger partial charge >= 0.3 is 0 Å². The second-order valence-electron chi connectivity index (χ2n) is 8.56. The number of hydrogen-bond donors (Lipinski definition) is 0. The van der Waals surface area contributed by atoms with Gasteiger partial charge in [0.25, 0.3) is 5.91 Å². The lowest BCUT2D eigenvalue weighted by molar-refractivity contribution is -0.146. The molecule has 1 atom stereocenters. The zero-order valence-electron chi connectivity index (χ0n) is 18.4. The monoisotopic (exact) mass is 449 g/mol. The fourth-order valence-corrected chi connectivity index (χ4v) is 4.52. The van der Waals surface area contributed by atoms with Crippen molar-refractivity contribution >= 4 is 23.4 Å². The van der Waals surface area contributed by atoms with Crippen molar-refractivity contribution in [1.82, 2.24) is 9.80 Å². The van der Waals surface area contributed by atoms with Crippen LogP contribution < -0.4 is 14.4 Å². The molecule has 1 unspecified atom stereocenters. The van der Waals surface area contributed by atoms with Crippen LogP contribution in [0.1, 0.15) is 18.4 Å². The van der Waals surface area contributed by atoms with Crippen LogP contribution in [0.2, 0.25) is 0 Å². The standard InChI is InChI=1S/C25H27N3O5/c29-23-6-3-11-28(23)19-9-7-18(8-10-19)16-24(30)26-12-14-27(15-13-26)25(31)22-17-32-20-4-1-2-5-21(20)33-22/h1-2,4-5,7-10,22H,3,6,11-17H2. The molecule has 33 heavy (non-hydrogen) atoms. The summed E-state index contributed by atoms with van der Waals surface area (Å²) in [6, 6.07) is 15.0. The van der Waals surface area contributed by atoms with Crippen molar-refractivity contribution < 1.29 is 23.9 Å². The van der Waals surface area contributed by atoms with Crippen LogP contribution in [0.3, 0.4) is 0 Å². The maximum absolute atomic E-state index is 12.9. The van der Waals surface area contributed by atoms with Crippen LogP contribution in [0.5, 0.6) is 11.5 Å². The average Bonchev–Trinajstić information content (AvgIpc) is 3.29. The number of piperazine rings is 1. The molecule has 2 aromatic carbocycles. The predicted octanol–water partition coefficient (Wildman–Crippen LogP) is 1.87. The molecule has 0 spiro atoms. The Labute approximate surface area is 192 Å². The third-order valence-corrected chi connectivity index (χ3v) is 6.40. The van der Waals surface area contributed by atoms with Gasteiger partial charge in [0.1, 0.15) is 6.61 Å². The van der Waals surface area contributed by atoms with Gasteiger partial charge in [-0.25, -0.2) is 0 Å². The van der Waals surface area contributed by atoms with Crippen LogP contribution in [0.15, 0.2) is 48.5 Å². The van der Waals surface area contributed by atoms with E-state index in [9.17, 15) is 14.4 Å². The number of benzene rings is 2. The number of ether oxygens (including phenoxy) is 2. The zero-order chi connectivity index (χ0) is 22.8. The minimum Gasteiger partial charge on any atom is -0.485 e. The van der Waals surface area contributed by atoms with E-state index in [0.29, 0.717) is 50.5 Å². The first-order valence-corrected chi connectivity index (χ1v) is 11.4. The van der Waals surface area contributed by atoms with E-state index in [-0.39, 0.29) is 24.3 Å². The molecule has 172 valence electrons. The molecular weight excluding hydrogens is 422 g/mol. The van der Waals surface area contributed by atoms with E-state index in [0.717, 1.165) is 24.2 Å². The van der Waals surface area contributed by atoms with Crippen molar-refractivity contribution in [2.45, 2.75) is 25.4 Å². The lowest BCUT2D eigenvalue weighted by Gasteiger charge is -2.37. The summed E-state index contributed by atoms with van der Waals surface area (Å²) in [5.74, 6) is 1.32. The van der Waals surface area contributed by atoms with Crippen LogP contribution in [0, 0.1) is 0 Å². The fourth-order valence-electron chi connectivity index (χ4n) is 4.52. The smallest absolute Gasteiger partial charge is 0.267 e. The Bertz CT molecular complexity index is 1050. The molecule has 8 nitrogen and oxygen atoms in total. The highest BCUT2D eigenvalue weighted by atomic mass is 16.6. The van der Waals surface area contributed by atoms with E-state index in [1.165, 1.54) is 0 Å². The highest BCUT2D eigenvalue weighted by Crippen LogP contribution is 2.31. The molecule has 0 bridgehead atoms. The number of anilines is 1. The zero-order valence-corrected chi connectivity index (χ0v) is 18.4. The van der Waals surface area contributed by atoms with Crippen molar-refractivity contribution in [2.24, 2.45) is 0 Å². The maximum Gasteiger partial charge on any atom is 0.267 e. The summed E-state index contributed by atoms with van der Waals surface area (Å²) in [6.45, 7) is 2.88. The second-order valence-corrected chi connectivity index (χ2v) is 8.56. The quantitative estimate of drug-likeness (QED) is 0.712. The Morgan fingerprint density at radius 1 is 0.879 bits per heavy atom. The van der Waals surface area contributed by atoms with Crippen LogP contribution in [-0.4, -0.2) is 73.0 Å². The summed E-state index contributed by atoms with van der Waals surface area (Å²) < 4.78 is 11.5. The normalized spacial score (nSPS) is 20.2. The highest BCUT2D eigenvalue weighted by Gasteiger charge is 2.33. The SMILES string of the molecule is O=C(Cc1ccc(N2CCCC2=O)cc1)N1CCN(C(=O)C2COc3ccccc3O2)CC1. The van der Waals surface area contributed by atoms with Gasteiger partial charge in [0.2, 0.25) is 17.9 Å². The maximum atomic E-state index is 12.9. The number of carbonyl (C=O) groups excluding carboxylic acids is 3.